The second kappa shape index (κ2) is 6.01. The zero-order chi connectivity index (χ0) is 14.7. The Morgan fingerprint density at radius 3 is 2.40 bits per heavy atom. The summed E-state index contributed by atoms with van der Waals surface area (Å²) in [6.07, 6.45) is 0. The summed E-state index contributed by atoms with van der Waals surface area (Å²) in [5.74, 6) is 1.76. The third kappa shape index (κ3) is 3.54. The van der Waals surface area contributed by atoms with Gasteiger partial charge in [0, 0.05) is 17.3 Å². The molecule has 0 radical (unpaired) electrons. The number of benzene rings is 1. The second-order valence-corrected chi connectivity index (χ2v) is 5.47. The number of nitrogens with zero attached hydrogens (tertiary/aromatic N) is 1. The molecule has 104 valence electrons. The third-order valence-corrected chi connectivity index (χ3v) is 3.22. The Morgan fingerprint density at radius 2 is 1.85 bits per heavy atom. The van der Waals surface area contributed by atoms with E-state index in [9.17, 15) is 0 Å². The van der Waals surface area contributed by atoms with Gasteiger partial charge in [-0.3, -0.25) is 0 Å². The molecule has 4 heteroatoms. The van der Waals surface area contributed by atoms with E-state index in [1.54, 1.807) is 6.07 Å². The first-order chi connectivity index (χ1) is 9.45. The lowest BCUT2D eigenvalue weighted by Gasteiger charge is -2.09. The van der Waals surface area contributed by atoms with Crippen molar-refractivity contribution in [1.29, 1.82) is 0 Å². The largest absolute Gasteiger partial charge is 0.439 e. The summed E-state index contributed by atoms with van der Waals surface area (Å²) in [6, 6.07) is 11.6. The Balaban J connectivity index is 2.23. The van der Waals surface area contributed by atoms with E-state index in [1.807, 2.05) is 25.1 Å². The Morgan fingerprint density at radius 1 is 1.20 bits per heavy atom. The average molecular weight is 286 g/mol. The first kappa shape index (κ1) is 14.5. The van der Waals surface area contributed by atoms with Crippen molar-refractivity contribution in [1.82, 2.24) is 4.98 Å². The van der Waals surface area contributed by atoms with E-state index in [4.69, 9.17) is 22.7 Å². The summed E-state index contributed by atoms with van der Waals surface area (Å²) in [7, 11) is 0. The van der Waals surface area contributed by atoms with Gasteiger partial charge < -0.3 is 10.5 Å². The number of nitrogens with two attached hydrogens (primary N) is 1. The summed E-state index contributed by atoms with van der Waals surface area (Å²) in [4.78, 5) is 4.67. The molecule has 0 aliphatic heterocycles. The topological polar surface area (TPSA) is 48.1 Å². The fraction of sp³-hybridized carbons (Fsp3) is 0.250. The van der Waals surface area contributed by atoms with E-state index in [-0.39, 0.29) is 0 Å². The van der Waals surface area contributed by atoms with Gasteiger partial charge in [-0.2, -0.15) is 0 Å². The van der Waals surface area contributed by atoms with Crippen LogP contribution < -0.4 is 10.5 Å². The molecule has 0 bridgehead atoms. The fourth-order valence-electron chi connectivity index (χ4n) is 1.87. The lowest BCUT2D eigenvalue weighted by molar-refractivity contribution is 0.461. The van der Waals surface area contributed by atoms with Crippen LogP contribution in [-0.4, -0.2) is 9.97 Å². The van der Waals surface area contributed by atoms with Crippen molar-refractivity contribution in [3.63, 3.8) is 0 Å². The number of hydrogen-bond acceptors (Lipinski definition) is 3. The standard InChI is InChI=1S/C16H18N2OS/c1-10(2)12-4-6-14(7-5-12)19-15-9-13(16(17)20)8-11(3)18-15/h4-10H,1-3H3,(H2,17,20). The van der Waals surface area contributed by atoms with Gasteiger partial charge in [0.25, 0.3) is 0 Å². The predicted octanol–water partition coefficient (Wildman–Crippen LogP) is 3.94. The highest BCUT2D eigenvalue weighted by Gasteiger charge is 2.05. The number of pyridine rings is 1. The molecular formula is C16H18N2OS. The molecule has 0 atom stereocenters. The van der Waals surface area contributed by atoms with Crippen LogP contribution in [0.25, 0.3) is 0 Å². The van der Waals surface area contributed by atoms with Crippen LogP contribution in [0.15, 0.2) is 36.4 Å². The van der Waals surface area contributed by atoms with Crippen molar-refractivity contribution in [2.75, 3.05) is 0 Å². The van der Waals surface area contributed by atoms with E-state index >= 15 is 0 Å². The number of aryl methyl sites for hydroxylation is 1. The molecule has 2 aromatic rings. The Kier molecular flexibility index (Phi) is 4.35. The highest BCUT2D eigenvalue weighted by atomic mass is 32.1. The van der Waals surface area contributed by atoms with E-state index in [1.165, 1.54) is 5.56 Å². The average Bonchev–Trinajstić information content (AvgIpc) is 2.38. The minimum absolute atomic E-state index is 0.343. The van der Waals surface area contributed by atoms with Gasteiger partial charge in [0.05, 0.1) is 0 Å². The lowest BCUT2D eigenvalue weighted by atomic mass is 10.0. The first-order valence-electron chi connectivity index (χ1n) is 6.52. The van der Waals surface area contributed by atoms with Gasteiger partial charge in [0.2, 0.25) is 5.88 Å². The molecular weight excluding hydrogens is 268 g/mol. The van der Waals surface area contributed by atoms with E-state index in [0.29, 0.717) is 16.8 Å². The zero-order valence-corrected chi connectivity index (χ0v) is 12.7. The Bertz CT molecular complexity index is 621. The molecule has 1 aromatic carbocycles. The van der Waals surface area contributed by atoms with Crippen molar-refractivity contribution in [3.8, 4) is 11.6 Å². The molecule has 20 heavy (non-hydrogen) atoms. The van der Waals surface area contributed by atoms with Crippen molar-refractivity contribution in [2.24, 2.45) is 5.73 Å². The molecule has 1 heterocycles. The van der Waals surface area contributed by atoms with Gasteiger partial charge in [-0.15, -0.1) is 0 Å². The molecule has 0 amide bonds. The molecule has 2 N–H and O–H groups in total. The number of thiocarbonyl (C=S) groups is 1. The Labute approximate surface area is 124 Å². The molecule has 0 saturated carbocycles. The van der Waals surface area contributed by atoms with Crippen molar-refractivity contribution >= 4 is 17.2 Å². The minimum Gasteiger partial charge on any atom is -0.439 e. The van der Waals surface area contributed by atoms with Crippen molar-refractivity contribution in [2.45, 2.75) is 26.7 Å². The summed E-state index contributed by atoms with van der Waals surface area (Å²) in [5.41, 5.74) is 8.51. The van der Waals surface area contributed by atoms with Crippen LogP contribution in [0, 0.1) is 6.92 Å². The van der Waals surface area contributed by atoms with Gasteiger partial charge in [-0.1, -0.05) is 38.2 Å². The summed E-state index contributed by atoms with van der Waals surface area (Å²) in [6.45, 7) is 6.20. The summed E-state index contributed by atoms with van der Waals surface area (Å²) >= 11 is 4.99. The normalized spacial score (nSPS) is 10.6. The van der Waals surface area contributed by atoms with Gasteiger partial charge in [-0.05, 0) is 36.6 Å². The highest BCUT2D eigenvalue weighted by molar-refractivity contribution is 7.80. The lowest BCUT2D eigenvalue weighted by Crippen LogP contribution is -2.10. The van der Waals surface area contributed by atoms with E-state index < -0.39 is 0 Å². The molecule has 0 fully saturated rings. The van der Waals surface area contributed by atoms with Crippen LogP contribution in [0.1, 0.15) is 36.6 Å². The third-order valence-electron chi connectivity index (χ3n) is 2.98. The van der Waals surface area contributed by atoms with Crippen LogP contribution >= 0.6 is 12.2 Å². The highest BCUT2D eigenvalue weighted by Crippen LogP contribution is 2.23. The molecule has 0 unspecified atom stereocenters. The Hall–Kier alpha value is -1.94. The van der Waals surface area contributed by atoms with Gasteiger partial charge >= 0.3 is 0 Å². The number of ether oxygens (including phenoxy) is 1. The molecule has 1 aromatic heterocycles. The minimum atomic E-state index is 0.343. The predicted molar refractivity (Wildman–Crippen MR) is 85.5 cm³/mol. The van der Waals surface area contributed by atoms with Crippen molar-refractivity contribution < 1.29 is 4.74 Å². The first-order valence-corrected chi connectivity index (χ1v) is 6.93. The maximum absolute atomic E-state index is 5.76. The van der Waals surface area contributed by atoms with Crippen molar-refractivity contribution in [3.05, 3.63) is 53.2 Å². The van der Waals surface area contributed by atoms with Crippen LogP contribution in [0.4, 0.5) is 0 Å². The number of hydrogen-bond donors (Lipinski definition) is 1. The number of aromatic nitrogens is 1. The SMILES string of the molecule is Cc1cc(C(N)=S)cc(Oc2ccc(C(C)C)cc2)n1. The monoisotopic (exact) mass is 286 g/mol. The summed E-state index contributed by atoms with van der Waals surface area (Å²) < 4.78 is 5.76. The quantitative estimate of drug-likeness (QED) is 0.865. The van der Waals surface area contributed by atoms with Gasteiger partial charge in [0.15, 0.2) is 0 Å². The summed E-state index contributed by atoms with van der Waals surface area (Å²) in [5, 5.41) is 0. The molecule has 0 saturated heterocycles. The van der Waals surface area contributed by atoms with Gasteiger partial charge in [0.1, 0.15) is 10.7 Å². The molecule has 2 rings (SSSR count). The second-order valence-electron chi connectivity index (χ2n) is 5.03. The van der Waals surface area contributed by atoms with Gasteiger partial charge in [-0.25, -0.2) is 4.98 Å². The molecule has 0 aliphatic rings. The molecule has 3 nitrogen and oxygen atoms in total. The van der Waals surface area contributed by atoms with Crippen LogP contribution in [0.5, 0.6) is 11.6 Å². The fourth-order valence-corrected chi connectivity index (χ4v) is 1.99. The zero-order valence-electron chi connectivity index (χ0n) is 11.9. The van der Waals surface area contributed by atoms with Crippen LogP contribution in [0.2, 0.25) is 0 Å². The van der Waals surface area contributed by atoms with E-state index in [2.05, 4.69) is 31.0 Å². The maximum atomic E-state index is 5.76. The van der Waals surface area contributed by atoms with Crippen LogP contribution in [0.3, 0.4) is 0 Å². The molecule has 0 spiro atoms. The number of rotatable bonds is 4. The smallest absolute Gasteiger partial charge is 0.220 e. The van der Waals surface area contributed by atoms with Crippen LogP contribution in [-0.2, 0) is 0 Å². The van der Waals surface area contributed by atoms with E-state index in [0.717, 1.165) is 17.0 Å². The maximum Gasteiger partial charge on any atom is 0.220 e. The molecule has 0 aliphatic carbocycles.